The number of aliphatic hydroxyl groups is 3. The zero-order valence-electron chi connectivity index (χ0n) is 41.1. The monoisotopic (exact) mass is 793 g/mol. The molecule has 0 saturated carbocycles. The van der Waals surface area contributed by atoms with Crippen LogP contribution in [0.5, 0.6) is 0 Å². The van der Waals surface area contributed by atoms with Crippen molar-refractivity contribution in [2.75, 3.05) is 0 Å². The molecule has 0 radical (unpaired) electrons. The second-order valence-electron chi connectivity index (χ2n) is 24.9. The number of rotatable bonds is 21. The van der Waals surface area contributed by atoms with Gasteiger partial charge in [-0.2, -0.15) is 0 Å². The molecule has 0 aromatic heterocycles. The zero-order valence-corrected chi connectivity index (χ0v) is 41.1. The molecule has 0 spiro atoms. The number of hydrogen-bond donors (Lipinski definition) is 3. The van der Waals surface area contributed by atoms with Crippen LogP contribution in [0.25, 0.3) is 0 Å². The van der Waals surface area contributed by atoms with Gasteiger partial charge < -0.3 is 15.3 Å². The van der Waals surface area contributed by atoms with Gasteiger partial charge in [-0.1, -0.05) is 143 Å². The first-order chi connectivity index (χ1) is 25.7. The average Bonchev–Trinajstić information content (AvgIpc) is 2.96. The van der Waals surface area contributed by atoms with Crippen molar-refractivity contribution in [3.8, 4) is 0 Å². The highest BCUT2D eigenvalue weighted by molar-refractivity contribution is 5.54. The number of aliphatic hydroxyl groups excluding tert-OH is 3. The summed E-state index contributed by atoms with van der Waals surface area (Å²) in [5, 5.41) is 35.5. The third kappa shape index (κ3) is 17.8. The zero-order chi connectivity index (χ0) is 44.5. The van der Waals surface area contributed by atoms with Crippen LogP contribution in [0, 0.1) is 50.2 Å². The second-order valence-corrected chi connectivity index (χ2v) is 24.9. The van der Waals surface area contributed by atoms with Crippen LogP contribution >= 0.6 is 0 Å². The van der Waals surface area contributed by atoms with Gasteiger partial charge in [-0.05, 0) is 161 Å². The predicted molar refractivity (Wildman–Crippen MR) is 252 cm³/mol. The normalized spacial score (nSPS) is 16.8. The molecular formula is C54H96O3. The highest BCUT2D eigenvalue weighted by atomic mass is 16.3. The molecule has 0 saturated heterocycles. The van der Waals surface area contributed by atoms with Crippen molar-refractivity contribution in [2.24, 2.45) is 50.2 Å². The van der Waals surface area contributed by atoms with Crippen molar-refractivity contribution in [3.63, 3.8) is 0 Å². The maximum Gasteiger partial charge on any atom is 0.0578 e. The van der Waals surface area contributed by atoms with Crippen molar-refractivity contribution in [1.29, 1.82) is 0 Å². The Balaban J connectivity index is 4.30. The predicted octanol–water partition coefficient (Wildman–Crippen LogP) is 14.0. The van der Waals surface area contributed by atoms with Gasteiger partial charge in [0.1, 0.15) is 0 Å². The summed E-state index contributed by atoms with van der Waals surface area (Å²) >= 11 is 0. The van der Waals surface area contributed by atoms with E-state index in [2.05, 4.69) is 163 Å². The van der Waals surface area contributed by atoms with Gasteiger partial charge in [-0.15, -0.1) is 19.7 Å². The molecule has 0 bridgehead atoms. The summed E-state index contributed by atoms with van der Waals surface area (Å²) < 4.78 is 0. The first kappa shape index (κ1) is 53.3. The molecule has 3 N–H and O–H groups in total. The third-order valence-electron chi connectivity index (χ3n) is 12.5. The van der Waals surface area contributed by atoms with Crippen molar-refractivity contribution in [2.45, 2.75) is 220 Å². The van der Waals surface area contributed by atoms with Crippen LogP contribution in [0.3, 0.4) is 0 Å². The smallest absolute Gasteiger partial charge is 0.0578 e. The lowest BCUT2D eigenvalue weighted by atomic mass is 9.68. The molecule has 3 nitrogen and oxygen atoms in total. The molecule has 57 heavy (non-hydrogen) atoms. The summed E-state index contributed by atoms with van der Waals surface area (Å²) in [4.78, 5) is 0. The topological polar surface area (TPSA) is 60.7 Å². The third-order valence-corrected chi connectivity index (χ3v) is 12.5. The minimum absolute atomic E-state index is 0.0277. The van der Waals surface area contributed by atoms with E-state index in [-0.39, 0.29) is 50.2 Å². The van der Waals surface area contributed by atoms with Crippen LogP contribution < -0.4 is 0 Å². The second kappa shape index (κ2) is 21.2. The minimum Gasteiger partial charge on any atom is -0.393 e. The SMILES string of the molecule is C=CCc1c(CCC(C(O)CC(C)(C)C)C(C)(C)C)c(CC=C)c(CCC(C(O)CC(C)(C)C)C(C)(C)C)c(CC=C)c1CCC(C(O)CC(C)(C)C)C(C)(C)C. The van der Waals surface area contributed by atoms with Gasteiger partial charge in [-0.25, -0.2) is 0 Å². The number of allylic oxidation sites excluding steroid dienone is 3. The lowest BCUT2D eigenvalue weighted by Gasteiger charge is -2.39. The average molecular weight is 793 g/mol. The fourth-order valence-electron chi connectivity index (χ4n) is 9.99. The van der Waals surface area contributed by atoms with Gasteiger partial charge >= 0.3 is 0 Å². The first-order valence-corrected chi connectivity index (χ1v) is 22.7. The molecule has 6 unspecified atom stereocenters. The van der Waals surface area contributed by atoms with Gasteiger partial charge in [0, 0.05) is 0 Å². The molecule has 1 rings (SSSR count). The van der Waals surface area contributed by atoms with E-state index in [0.29, 0.717) is 0 Å². The Morgan fingerprint density at radius 1 is 0.368 bits per heavy atom. The summed E-state index contributed by atoms with van der Waals surface area (Å²) in [6.45, 7) is 53.5. The Labute approximate surface area is 355 Å². The largest absolute Gasteiger partial charge is 0.393 e. The van der Waals surface area contributed by atoms with Crippen LogP contribution in [-0.2, 0) is 38.5 Å². The quantitative estimate of drug-likeness (QED) is 0.109. The molecule has 1 aromatic rings. The Hall–Kier alpha value is -1.68. The Morgan fingerprint density at radius 3 is 0.702 bits per heavy atom. The van der Waals surface area contributed by atoms with Gasteiger partial charge in [-0.3, -0.25) is 0 Å². The molecular weight excluding hydrogens is 697 g/mol. The van der Waals surface area contributed by atoms with E-state index in [0.717, 1.165) is 77.0 Å². The van der Waals surface area contributed by atoms with Crippen molar-refractivity contribution < 1.29 is 15.3 Å². The van der Waals surface area contributed by atoms with Gasteiger partial charge in [0.2, 0.25) is 0 Å². The molecule has 0 aliphatic carbocycles. The number of benzene rings is 1. The van der Waals surface area contributed by atoms with E-state index in [1.165, 1.54) is 33.4 Å². The minimum atomic E-state index is -0.400. The van der Waals surface area contributed by atoms with E-state index >= 15 is 0 Å². The molecule has 0 amide bonds. The van der Waals surface area contributed by atoms with E-state index in [1.807, 2.05) is 0 Å². The van der Waals surface area contributed by atoms with E-state index in [4.69, 9.17) is 0 Å². The van der Waals surface area contributed by atoms with Crippen molar-refractivity contribution in [1.82, 2.24) is 0 Å². The summed E-state index contributed by atoms with van der Waals surface area (Å²) in [6.07, 6.45) is 14.9. The maximum absolute atomic E-state index is 11.8. The summed E-state index contributed by atoms with van der Waals surface area (Å²) in [6, 6.07) is 0. The summed E-state index contributed by atoms with van der Waals surface area (Å²) in [5.41, 5.74) is 8.20. The fourth-order valence-corrected chi connectivity index (χ4v) is 9.99. The van der Waals surface area contributed by atoms with Gasteiger partial charge in [0.25, 0.3) is 0 Å². The first-order valence-electron chi connectivity index (χ1n) is 22.7. The highest BCUT2D eigenvalue weighted by Gasteiger charge is 2.37. The Kier molecular flexibility index (Phi) is 19.9. The van der Waals surface area contributed by atoms with E-state index in [1.54, 1.807) is 0 Å². The lowest BCUT2D eigenvalue weighted by molar-refractivity contribution is 0.00994. The van der Waals surface area contributed by atoms with Crippen LogP contribution in [0.1, 0.15) is 197 Å². The van der Waals surface area contributed by atoms with Gasteiger partial charge in [0.15, 0.2) is 0 Å². The maximum atomic E-state index is 11.8. The van der Waals surface area contributed by atoms with E-state index < -0.39 is 18.3 Å². The molecule has 6 atom stereocenters. The molecule has 0 heterocycles. The van der Waals surface area contributed by atoms with Crippen LogP contribution in [0.4, 0.5) is 0 Å². The fraction of sp³-hybridized carbons (Fsp3) is 0.778. The Bertz CT molecular complexity index is 1210. The molecule has 0 aliphatic heterocycles. The summed E-state index contributed by atoms with van der Waals surface area (Å²) in [5.74, 6) is 0.376. The van der Waals surface area contributed by atoms with Crippen LogP contribution in [-0.4, -0.2) is 33.6 Å². The molecule has 3 heteroatoms. The summed E-state index contributed by atoms with van der Waals surface area (Å²) in [7, 11) is 0. The molecule has 0 aliphatic rings. The van der Waals surface area contributed by atoms with Crippen molar-refractivity contribution >= 4 is 0 Å². The molecule has 330 valence electrons. The number of hydrogen-bond acceptors (Lipinski definition) is 3. The Morgan fingerprint density at radius 2 is 0.561 bits per heavy atom. The van der Waals surface area contributed by atoms with Crippen molar-refractivity contribution in [3.05, 3.63) is 71.3 Å². The van der Waals surface area contributed by atoms with Crippen LogP contribution in [0.2, 0.25) is 0 Å². The van der Waals surface area contributed by atoms with E-state index in [9.17, 15) is 15.3 Å². The van der Waals surface area contributed by atoms with Gasteiger partial charge in [0.05, 0.1) is 18.3 Å². The lowest BCUT2D eigenvalue weighted by Crippen LogP contribution is -2.36. The molecule has 1 aromatic carbocycles. The standard InChI is InChI=1S/C54H96O3/c1-22-25-37-40(28-31-43(52(13,14)15)46(55)34-49(4,5)6)38(26-23-2)42(30-33-45(54(19,20)21)48(57)36-51(10,11)12)39(27-24-3)41(37)29-32-44(53(16,17)18)47(56)35-50(7,8)9/h22-24,43-48,55-57H,1-3,25-36H2,4-21H3. The molecule has 0 fully saturated rings. The highest BCUT2D eigenvalue weighted by Crippen LogP contribution is 2.43. The van der Waals surface area contributed by atoms with Crippen LogP contribution in [0.15, 0.2) is 38.0 Å².